The van der Waals surface area contributed by atoms with Crippen LogP contribution >= 0.6 is 0 Å². The SMILES string of the molecule is CCCN1CCN(CCCNC(=O)C(CC)N2C(=O)CCn3nc(C)cc32)CC1. The molecular weight excluding hydrogens is 368 g/mol. The van der Waals surface area contributed by atoms with Gasteiger partial charge in [0.05, 0.1) is 12.2 Å². The molecule has 162 valence electrons. The Balaban J connectivity index is 1.47. The third kappa shape index (κ3) is 5.36. The summed E-state index contributed by atoms with van der Waals surface area (Å²) in [5.41, 5.74) is 0.869. The van der Waals surface area contributed by atoms with E-state index in [2.05, 4.69) is 27.1 Å². The topological polar surface area (TPSA) is 73.7 Å². The van der Waals surface area contributed by atoms with Crippen molar-refractivity contribution in [2.24, 2.45) is 0 Å². The molecule has 1 atom stereocenters. The zero-order valence-electron chi connectivity index (χ0n) is 18.2. The number of hydrogen-bond donors (Lipinski definition) is 1. The van der Waals surface area contributed by atoms with Gasteiger partial charge < -0.3 is 15.1 Å². The molecule has 29 heavy (non-hydrogen) atoms. The van der Waals surface area contributed by atoms with Gasteiger partial charge in [-0.1, -0.05) is 13.8 Å². The highest BCUT2D eigenvalue weighted by Gasteiger charge is 2.34. The number of amides is 2. The Hall–Kier alpha value is -1.93. The predicted octanol–water partition coefficient (Wildman–Crippen LogP) is 1.24. The molecule has 3 heterocycles. The van der Waals surface area contributed by atoms with Gasteiger partial charge in [-0.15, -0.1) is 0 Å². The van der Waals surface area contributed by atoms with Crippen molar-refractivity contribution < 1.29 is 9.59 Å². The Kier molecular flexibility index (Phi) is 7.66. The molecule has 2 aliphatic heterocycles. The molecule has 8 nitrogen and oxygen atoms in total. The fourth-order valence-corrected chi connectivity index (χ4v) is 4.34. The first kappa shape index (κ1) is 21.8. The molecule has 2 aliphatic rings. The van der Waals surface area contributed by atoms with Gasteiger partial charge in [0.15, 0.2) is 0 Å². The van der Waals surface area contributed by atoms with E-state index in [1.54, 1.807) is 4.90 Å². The minimum atomic E-state index is -0.477. The van der Waals surface area contributed by atoms with Crippen molar-refractivity contribution in [3.8, 4) is 0 Å². The zero-order valence-corrected chi connectivity index (χ0v) is 18.2. The number of carbonyl (C=O) groups excluding carboxylic acids is 2. The predicted molar refractivity (Wildman–Crippen MR) is 114 cm³/mol. The largest absolute Gasteiger partial charge is 0.354 e. The van der Waals surface area contributed by atoms with Crippen LogP contribution in [0.25, 0.3) is 0 Å². The highest BCUT2D eigenvalue weighted by Crippen LogP contribution is 2.26. The highest BCUT2D eigenvalue weighted by atomic mass is 16.2. The number of fused-ring (bicyclic) bond motifs is 1. The van der Waals surface area contributed by atoms with E-state index >= 15 is 0 Å². The van der Waals surface area contributed by atoms with Gasteiger partial charge in [0.25, 0.3) is 0 Å². The van der Waals surface area contributed by atoms with Crippen molar-refractivity contribution in [2.45, 2.75) is 59.0 Å². The lowest BCUT2D eigenvalue weighted by Crippen LogP contribution is -2.52. The van der Waals surface area contributed by atoms with Gasteiger partial charge in [-0.05, 0) is 39.3 Å². The Morgan fingerprint density at radius 1 is 1.14 bits per heavy atom. The lowest BCUT2D eigenvalue weighted by molar-refractivity contribution is -0.127. The molecule has 0 bridgehead atoms. The summed E-state index contributed by atoms with van der Waals surface area (Å²) in [6.07, 6.45) is 3.12. The van der Waals surface area contributed by atoms with Gasteiger partial charge in [-0.3, -0.25) is 14.5 Å². The van der Waals surface area contributed by atoms with Crippen LogP contribution in [0.2, 0.25) is 0 Å². The third-order valence-corrected chi connectivity index (χ3v) is 5.89. The summed E-state index contributed by atoms with van der Waals surface area (Å²) in [4.78, 5) is 32.1. The molecule has 1 fully saturated rings. The summed E-state index contributed by atoms with van der Waals surface area (Å²) in [6, 6.07) is 1.42. The maximum atomic E-state index is 12.8. The number of nitrogens with zero attached hydrogens (tertiary/aromatic N) is 5. The van der Waals surface area contributed by atoms with Gasteiger partial charge in [-0.25, -0.2) is 4.68 Å². The molecule has 0 aliphatic carbocycles. The Morgan fingerprint density at radius 3 is 2.48 bits per heavy atom. The van der Waals surface area contributed by atoms with Crippen LogP contribution in [0, 0.1) is 6.92 Å². The second-order valence-corrected chi connectivity index (χ2v) is 8.13. The van der Waals surface area contributed by atoms with E-state index in [1.165, 1.54) is 13.0 Å². The molecule has 1 unspecified atom stereocenters. The highest BCUT2D eigenvalue weighted by molar-refractivity contribution is 6.00. The molecule has 1 aromatic rings. The van der Waals surface area contributed by atoms with E-state index in [0.717, 1.165) is 50.7 Å². The number of hydrogen-bond acceptors (Lipinski definition) is 5. The van der Waals surface area contributed by atoms with E-state index < -0.39 is 6.04 Å². The van der Waals surface area contributed by atoms with Gasteiger partial charge >= 0.3 is 0 Å². The monoisotopic (exact) mass is 404 g/mol. The van der Waals surface area contributed by atoms with Crippen molar-refractivity contribution in [3.63, 3.8) is 0 Å². The van der Waals surface area contributed by atoms with E-state index in [1.807, 2.05) is 24.6 Å². The fourth-order valence-electron chi connectivity index (χ4n) is 4.34. The van der Waals surface area contributed by atoms with Crippen LogP contribution in [0.5, 0.6) is 0 Å². The first-order valence-corrected chi connectivity index (χ1v) is 11.1. The lowest BCUT2D eigenvalue weighted by Gasteiger charge is -2.35. The fraction of sp³-hybridized carbons (Fsp3) is 0.762. The summed E-state index contributed by atoms with van der Waals surface area (Å²) >= 11 is 0. The summed E-state index contributed by atoms with van der Waals surface area (Å²) in [5.74, 6) is 0.677. The lowest BCUT2D eigenvalue weighted by atomic mass is 10.1. The number of anilines is 1. The minimum absolute atomic E-state index is 0.00403. The van der Waals surface area contributed by atoms with Crippen LogP contribution < -0.4 is 10.2 Å². The summed E-state index contributed by atoms with van der Waals surface area (Å²) in [6.45, 7) is 14.0. The second-order valence-electron chi connectivity index (χ2n) is 8.13. The standard InChI is InChI=1S/C21H36N6O2/c1-4-9-24-12-14-25(15-13-24)10-6-8-22-21(29)18(5-2)27-19-16-17(3)23-26(19)11-7-20(27)28/h16,18H,4-15H2,1-3H3,(H,22,29). The third-order valence-electron chi connectivity index (χ3n) is 5.89. The number of rotatable bonds is 9. The molecule has 1 N–H and O–H groups in total. The Labute approximate surface area is 174 Å². The first-order valence-electron chi connectivity index (χ1n) is 11.1. The smallest absolute Gasteiger partial charge is 0.243 e. The molecular formula is C21H36N6O2. The van der Waals surface area contributed by atoms with Crippen molar-refractivity contribution in [2.75, 3.05) is 50.7 Å². The zero-order chi connectivity index (χ0) is 20.8. The van der Waals surface area contributed by atoms with Crippen molar-refractivity contribution in [1.29, 1.82) is 0 Å². The summed E-state index contributed by atoms with van der Waals surface area (Å²) in [5, 5.41) is 7.50. The van der Waals surface area contributed by atoms with Crippen LogP contribution in [-0.2, 0) is 16.1 Å². The maximum absolute atomic E-state index is 12.8. The molecule has 1 aromatic heterocycles. The molecule has 2 amide bonds. The molecule has 8 heteroatoms. The van der Waals surface area contributed by atoms with E-state index in [4.69, 9.17) is 0 Å². The van der Waals surface area contributed by atoms with Gasteiger partial charge in [-0.2, -0.15) is 5.10 Å². The normalized spacial score (nSPS) is 19.3. The number of piperazine rings is 1. The Bertz CT molecular complexity index is 695. The molecule has 0 aromatic carbocycles. The van der Waals surface area contributed by atoms with Crippen molar-refractivity contribution in [3.05, 3.63) is 11.8 Å². The number of aromatic nitrogens is 2. The van der Waals surface area contributed by atoms with Crippen LogP contribution in [0.1, 0.15) is 45.2 Å². The number of carbonyl (C=O) groups is 2. The van der Waals surface area contributed by atoms with Gasteiger partial charge in [0, 0.05) is 45.2 Å². The minimum Gasteiger partial charge on any atom is -0.354 e. The van der Waals surface area contributed by atoms with Gasteiger partial charge in [0.2, 0.25) is 11.8 Å². The van der Waals surface area contributed by atoms with Crippen molar-refractivity contribution in [1.82, 2.24) is 24.9 Å². The van der Waals surface area contributed by atoms with Gasteiger partial charge in [0.1, 0.15) is 11.9 Å². The van der Waals surface area contributed by atoms with Crippen LogP contribution in [0.4, 0.5) is 5.82 Å². The average molecular weight is 405 g/mol. The maximum Gasteiger partial charge on any atom is 0.243 e. The van der Waals surface area contributed by atoms with E-state index in [0.29, 0.717) is 25.9 Å². The molecule has 1 saturated heterocycles. The van der Waals surface area contributed by atoms with Crippen molar-refractivity contribution >= 4 is 17.6 Å². The number of aryl methyl sites for hydroxylation is 2. The molecule has 3 rings (SSSR count). The summed E-state index contributed by atoms with van der Waals surface area (Å²) < 4.78 is 1.84. The average Bonchev–Trinajstić information content (AvgIpc) is 3.09. The quantitative estimate of drug-likeness (QED) is 0.627. The van der Waals surface area contributed by atoms with Crippen LogP contribution in [-0.4, -0.2) is 83.2 Å². The molecule has 0 radical (unpaired) electrons. The summed E-state index contributed by atoms with van der Waals surface area (Å²) in [7, 11) is 0. The van der Waals surface area contributed by atoms with Crippen LogP contribution in [0.3, 0.4) is 0 Å². The second kappa shape index (κ2) is 10.2. The van der Waals surface area contributed by atoms with E-state index in [-0.39, 0.29) is 11.8 Å². The molecule has 0 saturated carbocycles. The number of nitrogens with one attached hydrogen (secondary N) is 1. The Morgan fingerprint density at radius 2 is 1.83 bits per heavy atom. The van der Waals surface area contributed by atoms with Crippen LogP contribution in [0.15, 0.2) is 6.07 Å². The molecule has 0 spiro atoms. The first-order chi connectivity index (χ1) is 14.0. The van der Waals surface area contributed by atoms with E-state index in [9.17, 15) is 9.59 Å².